The van der Waals surface area contributed by atoms with Crippen molar-refractivity contribution in [2.75, 3.05) is 19.9 Å². The van der Waals surface area contributed by atoms with Crippen LogP contribution in [0.25, 0.3) is 10.6 Å². The van der Waals surface area contributed by atoms with Crippen LogP contribution in [0.1, 0.15) is 25.5 Å². The standard InChI is InChI=1S/C19H20N2O5S/c1-19(18(23)24)5-2-6-21(10-19)16(22)8-13-9-27-17(20-13)12-3-4-14-15(7-12)26-11-25-14/h3-4,7,9H,2,5-6,8,10-11H2,1H3,(H,23,24). The van der Waals surface area contributed by atoms with Crippen LogP contribution in [-0.2, 0) is 16.0 Å². The summed E-state index contributed by atoms with van der Waals surface area (Å²) >= 11 is 1.47. The fraction of sp³-hybridized carbons (Fsp3) is 0.421. The molecule has 3 heterocycles. The smallest absolute Gasteiger partial charge is 0.311 e. The number of thiazole rings is 1. The molecule has 1 saturated heterocycles. The molecular formula is C19H20N2O5S. The van der Waals surface area contributed by atoms with Gasteiger partial charge in [0.1, 0.15) is 5.01 Å². The zero-order valence-corrected chi connectivity index (χ0v) is 15.8. The molecule has 2 aliphatic rings. The van der Waals surface area contributed by atoms with E-state index in [1.54, 1.807) is 11.8 Å². The Morgan fingerprint density at radius 3 is 2.96 bits per heavy atom. The van der Waals surface area contributed by atoms with Gasteiger partial charge in [0.05, 0.1) is 17.5 Å². The molecule has 1 fully saturated rings. The third-order valence-corrected chi connectivity index (χ3v) is 6.01. The van der Waals surface area contributed by atoms with E-state index in [9.17, 15) is 14.7 Å². The first kappa shape index (κ1) is 17.8. The maximum atomic E-state index is 12.6. The lowest BCUT2D eigenvalue weighted by atomic mass is 9.82. The second kappa shape index (κ2) is 6.84. The minimum absolute atomic E-state index is 0.0790. The van der Waals surface area contributed by atoms with Crippen LogP contribution < -0.4 is 9.47 Å². The number of carbonyl (C=O) groups is 2. The number of carbonyl (C=O) groups excluding carboxylic acids is 1. The maximum Gasteiger partial charge on any atom is 0.311 e. The van der Waals surface area contributed by atoms with Crippen molar-refractivity contribution in [3.05, 3.63) is 29.3 Å². The molecule has 1 atom stereocenters. The van der Waals surface area contributed by atoms with Crippen molar-refractivity contribution in [3.63, 3.8) is 0 Å². The first-order valence-electron chi connectivity index (χ1n) is 8.80. The minimum Gasteiger partial charge on any atom is -0.481 e. The van der Waals surface area contributed by atoms with E-state index in [1.807, 2.05) is 23.6 Å². The summed E-state index contributed by atoms with van der Waals surface area (Å²) in [7, 11) is 0. The van der Waals surface area contributed by atoms with Gasteiger partial charge in [-0.2, -0.15) is 0 Å². The SMILES string of the molecule is CC1(C(=O)O)CCCN(C(=O)Cc2csc(-c3ccc4c(c3)OCO4)n2)C1. The fourth-order valence-corrected chi connectivity index (χ4v) is 4.26. The number of aliphatic carboxylic acids is 1. The van der Waals surface area contributed by atoms with Gasteiger partial charge in [-0.15, -0.1) is 11.3 Å². The fourth-order valence-electron chi connectivity index (χ4n) is 3.44. The highest BCUT2D eigenvalue weighted by molar-refractivity contribution is 7.13. The van der Waals surface area contributed by atoms with E-state index in [2.05, 4.69) is 4.98 Å². The number of carboxylic acid groups (broad SMARTS) is 1. The summed E-state index contributed by atoms with van der Waals surface area (Å²) in [6.07, 6.45) is 1.47. The Labute approximate surface area is 160 Å². The molecule has 1 unspecified atom stereocenters. The van der Waals surface area contributed by atoms with Crippen molar-refractivity contribution >= 4 is 23.2 Å². The third kappa shape index (κ3) is 3.49. The number of fused-ring (bicyclic) bond motifs is 1. The highest BCUT2D eigenvalue weighted by atomic mass is 32.1. The number of nitrogens with zero attached hydrogens (tertiary/aromatic N) is 2. The van der Waals surface area contributed by atoms with E-state index in [1.165, 1.54) is 11.3 Å². The second-order valence-electron chi connectivity index (χ2n) is 7.17. The van der Waals surface area contributed by atoms with Crippen LogP contribution in [0.3, 0.4) is 0 Å². The van der Waals surface area contributed by atoms with Gasteiger partial charge in [-0.25, -0.2) is 4.98 Å². The van der Waals surface area contributed by atoms with E-state index in [-0.39, 0.29) is 25.7 Å². The molecule has 2 aliphatic heterocycles. The van der Waals surface area contributed by atoms with Gasteiger partial charge in [0.2, 0.25) is 12.7 Å². The molecule has 1 N–H and O–H groups in total. The molecule has 0 radical (unpaired) electrons. The zero-order chi connectivity index (χ0) is 19.0. The molecule has 1 aromatic carbocycles. The quantitative estimate of drug-likeness (QED) is 0.866. The number of piperidine rings is 1. The van der Waals surface area contributed by atoms with Gasteiger partial charge in [-0.1, -0.05) is 0 Å². The number of amides is 1. The lowest BCUT2D eigenvalue weighted by Gasteiger charge is -2.37. The zero-order valence-electron chi connectivity index (χ0n) is 14.9. The summed E-state index contributed by atoms with van der Waals surface area (Å²) in [6, 6.07) is 5.65. The van der Waals surface area contributed by atoms with Crippen molar-refractivity contribution in [1.29, 1.82) is 0 Å². The highest BCUT2D eigenvalue weighted by Gasteiger charge is 2.39. The minimum atomic E-state index is -0.867. The number of rotatable bonds is 4. The van der Waals surface area contributed by atoms with Crippen molar-refractivity contribution in [3.8, 4) is 22.1 Å². The normalized spacial score (nSPS) is 21.3. The Balaban J connectivity index is 1.45. The van der Waals surface area contributed by atoms with Crippen LogP contribution in [0.5, 0.6) is 11.5 Å². The van der Waals surface area contributed by atoms with Gasteiger partial charge in [0, 0.05) is 24.0 Å². The maximum absolute atomic E-state index is 12.6. The van der Waals surface area contributed by atoms with Gasteiger partial charge in [-0.3, -0.25) is 9.59 Å². The van der Waals surface area contributed by atoms with E-state index < -0.39 is 11.4 Å². The van der Waals surface area contributed by atoms with Crippen molar-refractivity contribution < 1.29 is 24.2 Å². The molecule has 1 amide bonds. The van der Waals surface area contributed by atoms with Crippen LogP contribution in [0.4, 0.5) is 0 Å². The van der Waals surface area contributed by atoms with Crippen LogP contribution >= 0.6 is 11.3 Å². The monoisotopic (exact) mass is 388 g/mol. The first-order chi connectivity index (χ1) is 12.9. The van der Waals surface area contributed by atoms with E-state index in [4.69, 9.17) is 9.47 Å². The molecule has 0 spiro atoms. The van der Waals surface area contributed by atoms with Crippen LogP contribution in [-0.4, -0.2) is 46.7 Å². The Morgan fingerprint density at radius 2 is 2.15 bits per heavy atom. The Bertz CT molecular complexity index is 896. The van der Waals surface area contributed by atoms with Gasteiger partial charge < -0.3 is 19.5 Å². The van der Waals surface area contributed by atoms with E-state index in [0.717, 1.165) is 16.3 Å². The Morgan fingerprint density at radius 1 is 1.33 bits per heavy atom. The molecule has 0 bridgehead atoms. The van der Waals surface area contributed by atoms with Gasteiger partial charge in [0.25, 0.3) is 0 Å². The molecule has 0 aliphatic carbocycles. The second-order valence-corrected chi connectivity index (χ2v) is 8.03. The van der Waals surface area contributed by atoms with E-state index in [0.29, 0.717) is 30.8 Å². The molecule has 2 aromatic rings. The number of ether oxygens (including phenoxy) is 2. The van der Waals surface area contributed by atoms with Gasteiger partial charge in [-0.05, 0) is 38.0 Å². The molecule has 1 aromatic heterocycles. The molecule has 7 nitrogen and oxygen atoms in total. The van der Waals surface area contributed by atoms with Crippen LogP contribution in [0, 0.1) is 5.41 Å². The van der Waals surface area contributed by atoms with Crippen LogP contribution in [0.15, 0.2) is 23.6 Å². The van der Waals surface area contributed by atoms with Crippen molar-refractivity contribution in [2.24, 2.45) is 5.41 Å². The van der Waals surface area contributed by atoms with Gasteiger partial charge in [0.15, 0.2) is 11.5 Å². The molecular weight excluding hydrogens is 368 g/mol. The lowest BCUT2D eigenvalue weighted by molar-refractivity contribution is -0.153. The van der Waals surface area contributed by atoms with E-state index >= 15 is 0 Å². The predicted molar refractivity (Wildman–Crippen MR) is 98.9 cm³/mol. The molecule has 8 heteroatoms. The Kier molecular flexibility index (Phi) is 4.51. The molecule has 4 rings (SSSR count). The third-order valence-electron chi connectivity index (χ3n) is 5.07. The summed E-state index contributed by atoms with van der Waals surface area (Å²) in [5.74, 6) is 0.488. The summed E-state index contributed by atoms with van der Waals surface area (Å²) < 4.78 is 10.7. The van der Waals surface area contributed by atoms with Crippen molar-refractivity contribution in [1.82, 2.24) is 9.88 Å². The average Bonchev–Trinajstić information content (AvgIpc) is 3.30. The summed E-state index contributed by atoms with van der Waals surface area (Å²) in [5, 5.41) is 12.1. The number of hydrogen-bond acceptors (Lipinski definition) is 6. The van der Waals surface area contributed by atoms with Crippen LogP contribution in [0.2, 0.25) is 0 Å². The number of carboxylic acids is 1. The average molecular weight is 388 g/mol. The predicted octanol–water partition coefficient (Wildman–Crippen LogP) is 2.79. The summed E-state index contributed by atoms with van der Waals surface area (Å²) in [6.45, 7) is 2.78. The summed E-state index contributed by atoms with van der Waals surface area (Å²) in [4.78, 5) is 30.3. The summed E-state index contributed by atoms with van der Waals surface area (Å²) in [5.41, 5.74) is 0.743. The highest BCUT2D eigenvalue weighted by Crippen LogP contribution is 2.37. The number of hydrogen-bond donors (Lipinski definition) is 1. The topological polar surface area (TPSA) is 89.0 Å². The number of likely N-dealkylation sites (tertiary alicyclic amines) is 1. The Hall–Kier alpha value is -2.61. The van der Waals surface area contributed by atoms with Gasteiger partial charge >= 0.3 is 5.97 Å². The first-order valence-corrected chi connectivity index (χ1v) is 9.68. The largest absolute Gasteiger partial charge is 0.481 e. The lowest BCUT2D eigenvalue weighted by Crippen LogP contribution is -2.48. The molecule has 0 saturated carbocycles. The molecule has 27 heavy (non-hydrogen) atoms. The number of benzene rings is 1. The molecule has 142 valence electrons. The number of aromatic nitrogens is 1. The van der Waals surface area contributed by atoms with Crippen molar-refractivity contribution in [2.45, 2.75) is 26.2 Å².